The number of benzene rings is 1. The normalized spacial score (nSPS) is 21.3. The van der Waals surface area contributed by atoms with Gasteiger partial charge in [0, 0.05) is 37.4 Å². The number of amides is 2. The molecule has 2 atom stereocenters. The Bertz CT molecular complexity index is 1130. The fraction of sp³-hybridized carbons (Fsp3) is 0.455. The minimum absolute atomic E-state index is 0.0993. The van der Waals surface area contributed by atoms with Gasteiger partial charge in [-0.1, -0.05) is 0 Å². The Labute approximate surface area is 185 Å². The molecule has 0 saturated carbocycles. The summed E-state index contributed by atoms with van der Waals surface area (Å²) in [6.45, 7) is 6.99. The maximum absolute atomic E-state index is 14.6. The summed E-state index contributed by atoms with van der Waals surface area (Å²) in [5.74, 6) is 0.670. The van der Waals surface area contributed by atoms with E-state index in [0.717, 1.165) is 44.8 Å². The first-order valence-corrected chi connectivity index (χ1v) is 10.9. The Morgan fingerprint density at radius 2 is 1.94 bits per heavy atom. The van der Waals surface area contributed by atoms with Gasteiger partial charge in [0.2, 0.25) is 0 Å². The third-order valence-electron chi connectivity index (χ3n) is 5.81. The molecule has 168 valence electrons. The predicted molar refractivity (Wildman–Crippen MR) is 118 cm³/mol. The number of rotatable bonds is 3. The molecule has 2 fully saturated rings. The Morgan fingerprint density at radius 1 is 1.19 bits per heavy atom. The van der Waals surface area contributed by atoms with Crippen LogP contribution in [-0.2, 0) is 4.74 Å². The minimum atomic E-state index is -0.427. The first kappa shape index (κ1) is 20.6. The average Bonchev–Trinajstić information content (AvgIpc) is 3.44. The Morgan fingerprint density at radius 3 is 2.69 bits per heavy atom. The molecule has 4 heterocycles. The van der Waals surface area contributed by atoms with E-state index in [1.165, 1.54) is 6.07 Å². The Kier molecular flexibility index (Phi) is 5.38. The quantitative estimate of drug-likeness (QED) is 0.675. The van der Waals surface area contributed by atoms with Crippen LogP contribution in [0, 0.1) is 5.82 Å². The van der Waals surface area contributed by atoms with Crippen molar-refractivity contribution in [3.63, 3.8) is 0 Å². The zero-order chi connectivity index (χ0) is 22.2. The van der Waals surface area contributed by atoms with Gasteiger partial charge < -0.3 is 19.9 Å². The molecule has 2 aromatic heterocycles. The molecule has 0 aliphatic carbocycles. The van der Waals surface area contributed by atoms with E-state index in [4.69, 9.17) is 4.74 Å². The summed E-state index contributed by atoms with van der Waals surface area (Å²) >= 11 is 0. The van der Waals surface area contributed by atoms with E-state index >= 15 is 0 Å². The van der Waals surface area contributed by atoms with Gasteiger partial charge in [-0.2, -0.15) is 0 Å². The molecule has 2 saturated heterocycles. The molecule has 0 spiro atoms. The monoisotopic (exact) mass is 439 g/mol. The topological polar surface area (TPSA) is 87.9 Å². The van der Waals surface area contributed by atoms with E-state index in [9.17, 15) is 9.18 Å². The molecule has 2 aliphatic rings. The van der Waals surface area contributed by atoms with Gasteiger partial charge in [0.05, 0.1) is 30.3 Å². The zero-order valence-electron chi connectivity index (χ0n) is 18.2. The van der Waals surface area contributed by atoms with Crippen molar-refractivity contribution < 1.29 is 13.9 Å². The number of carbonyl (C=O) groups excluding carboxylic acids is 1. The summed E-state index contributed by atoms with van der Waals surface area (Å²) in [5, 5.41) is 7.48. The molecular weight excluding hydrogens is 413 g/mol. The number of nitrogens with one attached hydrogen (secondary N) is 1. The van der Waals surface area contributed by atoms with Crippen LogP contribution in [0.1, 0.15) is 26.7 Å². The molecule has 0 bridgehead atoms. The minimum Gasteiger partial charge on any atom is -0.372 e. The third kappa shape index (κ3) is 4.10. The number of hydrogen-bond acceptors (Lipinski definition) is 6. The van der Waals surface area contributed by atoms with Crippen LogP contribution in [0.5, 0.6) is 0 Å². The van der Waals surface area contributed by atoms with Crippen molar-refractivity contribution in [2.24, 2.45) is 0 Å². The summed E-state index contributed by atoms with van der Waals surface area (Å²) < 4.78 is 22.0. The second-order valence-electron chi connectivity index (χ2n) is 8.47. The maximum Gasteiger partial charge on any atom is 0.321 e. The SMILES string of the molecule is C[C@@H]1CN(c2cnc3nc(-c4cc(NC(=O)N5CCCC5)ccc4F)cn3n2)C[C@H](C)O1. The molecule has 3 aromatic rings. The number of fused-ring (bicyclic) bond motifs is 1. The van der Waals surface area contributed by atoms with Crippen molar-refractivity contribution in [2.45, 2.75) is 38.9 Å². The van der Waals surface area contributed by atoms with E-state index in [-0.39, 0.29) is 23.8 Å². The number of anilines is 2. The fourth-order valence-electron chi connectivity index (χ4n) is 4.34. The van der Waals surface area contributed by atoms with Gasteiger partial charge in [0.15, 0.2) is 5.82 Å². The molecule has 0 radical (unpaired) electrons. The van der Waals surface area contributed by atoms with Gasteiger partial charge in [-0.3, -0.25) is 0 Å². The fourth-order valence-corrected chi connectivity index (χ4v) is 4.34. The molecule has 2 amide bonds. The lowest BCUT2D eigenvalue weighted by Crippen LogP contribution is -2.46. The standard InChI is InChI=1S/C22H26FN7O2/c1-14-11-29(12-15(2)32-14)20-10-24-21-26-19(13-30(21)27-20)17-9-16(5-6-18(17)23)25-22(31)28-7-3-4-8-28/h5-6,9-10,13-15H,3-4,7-8,11-12H2,1-2H3,(H,25,31)/t14-,15+. The van der Waals surface area contributed by atoms with E-state index < -0.39 is 5.82 Å². The number of likely N-dealkylation sites (tertiary alicyclic amines) is 1. The number of ether oxygens (including phenoxy) is 1. The van der Waals surface area contributed by atoms with Crippen LogP contribution >= 0.6 is 0 Å². The Hall–Kier alpha value is -3.27. The van der Waals surface area contributed by atoms with Crippen LogP contribution in [0.15, 0.2) is 30.6 Å². The lowest BCUT2D eigenvalue weighted by molar-refractivity contribution is -0.00553. The molecular formula is C22H26FN7O2. The smallest absolute Gasteiger partial charge is 0.321 e. The number of urea groups is 1. The van der Waals surface area contributed by atoms with Crippen LogP contribution in [0.4, 0.5) is 20.7 Å². The maximum atomic E-state index is 14.6. The third-order valence-corrected chi connectivity index (χ3v) is 5.81. The van der Waals surface area contributed by atoms with Gasteiger partial charge in [-0.15, -0.1) is 5.10 Å². The number of imidazole rings is 1. The average molecular weight is 439 g/mol. The summed E-state index contributed by atoms with van der Waals surface area (Å²) in [6.07, 6.45) is 5.55. The second-order valence-corrected chi connectivity index (χ2v) is 8.47. The van der Waals surface area contributed by atoms with Crippen molar-refractivity contribution in [2.75, 3.05) is 36.4 Å². The summed E-state index contributed by atoms with van der Waals surface area (Å²) in [6, 6.07) is 4.31. The van der Waals surface area contributed by atoms with Crippen LogP contribution in [-0.4, -0.2) is 68.9 Å². The number of aromatic nitrogens is 4. The number of halogens is 1. The molecule has 1 aromatic carbocycles. The molecule has 10 heteroatoms. The molecule has 5 rings (SSSR count). The van der Waals surface area contributed by atoms with E-state index in [1.54, 1.807) is 33.9 Å². The van der Waals surface area contributed by atoms with Crippen LogP contribution in [0.2, 0.25) is 0 Å². The summed E-state index contributed by atoms with van der Waals surface area (Å²) in [5.41, 5.74) is 1.21. The molecule has 0 unspecified atom stereocenters. The largest absolute Gasteiger partial charge is 0.372 e. The highest BCUT2D eigenvalue weighted by molar-refractivity contribution is 5.90. The highest BCUT2D eigenvalue weighted by atomic mass is 19.1. The van der Waals surface area contributed by atoms with Gasteiger partial charge in [0.1, 0.15) is 5.82 Å². The number of carbonyl (C=O) groups is 1. The van der Waals surface area contributed by atoms with Gasteiger partial charge in [-0.25, -0.2) is 23.7 Å². The lowest BCUT2D eigenvalue weighted by atomic mass is 10.1. The van der Waals surface area contributed by atoms with Crippen LogP contribution in [0.25, 0.3) is 17.0 Å². The molecule has 32 heavy (non-hydrogen) atoms. The molecule has 1 N–H and O–H groups in total. The summed E-state index contributed by atoms with van der Waals surface area (Å²) in [4.78, 5) is 25.1. The van der Waals surface area contributed by atoms with Crippen molar-refractivity contribution >= 4 is 23.3 Å². The van der Waals surface area contributed by atoms with Crippen molar-refractivity contribution in [3.8, 4) is 11.3 Å². The summed E-state index contributed by atoms with van der Waals surface area (Å²) in [7, 11) is 0. The lowest BCUT2D eigenvalue weighted by Gasteiger charge is -2.35. The number of morpholine rings is 1. The van der Waals surface area contributed by atoms with Crippen LogP contribution < -0.4 is 10.2 Å². The van der Waals surface area contributed by atoms with E-state index in [0.29, 0.717) is 17.2 Å². The molecule has 9 nitrogen and oxygen atoms in total. The Balaban J connectivity index is 1.41. The van der Waals surface area contributed by atoms with Gasteiger partial charge in [-0.05, 0) is 44.9 Å². The van der Waals surface area contributed by atoms with Gasteiger partial charge >= 0.3 is 6.03 Å². The first-order valence-electron chi connectivity index (χ1n) is 10.9. The predicted octanol–water partition coefficient (Wildman–Crippen LogP) is 3.17. The number of nitrogens with zero attached hydrogens (tertiary/aromatic N) is 6. The van der Waals surface area contributed by atoms with Crippen molar-refractivity contribution in [1.29, 1.82) is 0 Å². The molecule has 2 aliphatic heterocycles. The van der Waals surface area contributed by atoms with E-state index in [1.807, 2.05) is 13.8 Å². The highest BCUT2D eigenvalue weighted by Crippen LogP contribution is 2.26. The highest BCUT2D eigenvalue weighted by Gasteiger charge is 2.24. The second kappa shape index (κ2) is 8.34. The van der Waals surface area contributed by atoms with E-state index in [2.05, 4.69) is 25.3 Å². The van der Waals surface area contributed by atoms with Crippen molar-refractivity contribution in [3.05, 3.63) is 36.4 Å². The first-order chi connectivity index (χ1) is 15.5. The zero-order valence-corrected chi connectivity index (χ0v) is 18.2. The van der Waals surface area contributed by atoms with Crippen LogP contribution in [0.3, 0.4) is 0 Å². The number of hydrogen-bond donors (Lipinski definition) is 1. The van der Waals surface area contributed by atoms with Crippen molar-refractivity contribution in [1.82, 2.24) is 24.5 Å². The van der Waals surface area contributed by atoms with Gasteiger partial charge in [0.25, 0.3) is 5.78 Å².